The van der Waals surface area contributed by atoms with E-state index in [4.69, 9.17) is 4.74 Å². The van der Waals surface area contributed by atoms with E-state index in [9.17, 15) is 15.2 Å². The summed E-state index contributed by atoms with van der Waals surface area (Å²) >= 11 is 0. The van der Waals surface area contributed by atoms with Gasteiger partial charge in [0.05, 0.1) is 11.5 Å². The summed E-state index contributed by atoms with van der Waals surface area (Å²) in [4.78, 5) is 10.0. The molecule has 0 aliphatic carbocycles. The van der Waals surface area contributed by atoms with Crippen molar-refractivity contribution in [1.82, 2.24) is 9.78 Å². The predicted molar refractivity (Wildman–Crippen MR) is 80.9 cm³/mol. The molecule has 0 bridgehead atoms. The van der Waals surface area contributed by atoms with Crippen molar-refractivity contribution in [2.24, 2.45) is 0 Å². The Hall–Kier alpha value is -2.41. The molecule has 1 unspecified atom stereocenters. The minimum absolute atomic E-state index is 0.0919. The Labute approximate surface area is 128 Å². The van der Waals surface area contributed by atoms with Crippen LogP contribution in [-0.4, -0.2) is 32.5 Å². The summed E-state index contributed by atoms with van der Waals surface area (Å²) in [6.45, 7) is 4.46. The summed E-state index contributed by atoms with van der Waals surface area (Å²) < 4.78 is 6.83. The lowest BCUT2D eigenvalue weighted by Gasteiger charge is -2.13. The molecule has 0 radical (unpaired) electrons. The van der Waals surface area contributed by atoms with E-state index >= 15 is 0 Å². The molecule has 7 nitrogen and oxygen atoms in total. The molecule has 0 aliphatic heterocycles. The van der Waals surface area contributed by atoms with E-state index in [2.05, 4.69) is 18.9 Å². The molecule has 0 saturated carbocycles. The molecular weight excluding hydrogens is 286 g/mol. The third-order valence-electron chi connectivity index (χ3n) is 3.22. The summed E-state index contributed by atoms with van der Waals surface area (Å²) in [7, 11) is 0. The standard InChI is InChI=1S/C15H19N3O4/c1-11(2)12-3-5-15(6-4-12)22-10-14(19)9-17-8-13(7-16-17)18(20)21/h3-8,11,14,19H,9-10H2,1-2H3. The van der Waals surface area contributed by atoms with Gasteiger partial charge in [-0.15, -0.1) is 0 Å². The number of nitro groups is 1. The summed E-state index contributed by atoms with van der Waals surface area (Å²) in [6.07, 6.45) is 1.63. The van der Waals surface area contributed by atoms with E-state index in [0.717, 1.165) is 6.20 Å². The molecule has 0 aliphatic rings. The fourth-order valence-electron chi connectivity index (χ4n) is 1.96. The molecule has 1 N–H and O–H groups in total. The van der Waals surface area contributed by atoms with E-state index in [-0.39, 0.29) is 18.8 Å². The van der Waals surface area contributed by atoms with Crippen molar-refractivity contribution in [3.05, 3.63) is 52.3 Å². The normalized spacial score (nSPS) is 12.4. The van der Waals surface area contributed by atoms with Crippen LogP contribution in [0.25, 0.3) is 0 Å². The van der Waals surface area contributed by atoms with Crippen molar-refractivity contribution < 1.29 is 14.8 Å². The Balaban J connectivity index is 1.84. The van der Waals surface area contributed by atoms with Gasteiger partial charge >= 0.3 is 5.69 Å². The highest BCUT2D eigenvalue weighted by Gasteiger charge is 2.12. The number of benzene rings is 1. The molecule has 1 heterocycles. The van der Waals surface area contributed by atoms with Crippen molar-refractivity contribution >= 4 is 5.69 Å². The van der Waals surface area contributed by atoms with Gasteiger partial charge in [-0.2, -0.15) is 5.10 Å². The number of hydrogen-bond acceptors (Lipinski definition) is 5. The molecule has 0 fully saturated rings. The summed E-state index contributed by atoms with van der Waals surface area (Å²) in [6, 6.07) is 7.70. The molecule has 1 aromatic heterocycles. The maximum absolute atomic E-state index is 10.6. The highest BCUT2D eigenvalue weighted by atomic mass is 16.6. The first-order chi connectivity index (χ1) is 10.5. The SMILES string of the molecule is CC(C)c1ccc(OCC(O)Cn2cc([N+](=O)[O-])cn2)cc1. The molecule has 0 spiro atoms. The quantitative estimate of drug-likeness (QED) is 0.626. The third kappa shape index (κ3) is 4.29. The van der Waals surface area contributed by atoms with Crippen molar-refractivity contribution in [3.8, 4) is 5.75 Å². The lowest BCUT2D eigenvalue weighted by Crippen LogP contribution is -2.23. The van der Waals surface area contributed by atoms with Gasteiger partial charge in [0.1, 0.15) is 30.9 Å². The van der Waals surface area contributed by atoms with Crippen LogP contribution in [-0.2, 0) is 6.54 Å². The number of aliphatic hydroxyl groups is 1. The van der Waals surface area contributed by atoms with Gasteiger partial charge in [0.2, 0.25) is 0 Å². The van der Waals surface area contributed by atoms with Gasteiger partial charge in [0.15, 0.2) is 0 Å². The molecule has 2 rings (SSSR count). The number of ether oxygens (including phenoxy) is 1. The predicted octanol–water partition coefficient (Wildman–Crippen LogP) is 2.35. The minimum atomic E-state index is -0.802. The zero-order valence-corrected chi connectivity index (χ0v) is 12.5. The second-order valence-corrected chi connectivity index (χ2v) is 5.37. The van der Waals surface area contributed by atoms with E-state index in [1.807, 2.05) is 24.3 Å². The molecule has 118 valence electrons. The van der Waals surface area contributed by atoms with Crippen LogP contribution in [0.15, 0.2) is 36.7 Å². The van der Waals surface area contributed by atoms with Crippen LogP contribution in [0, 0.1) is 10.1 Å². The first-order valence-corrected chi connectivity index (χ1v) is 7.03. The minimum Gasteiger partial charge on any atom is -0.491 e. The van der Waals surface area contributed by atoms with Crippen LogP contribution in [0.2, 0.25) is 0 Å². The molecular formula is C15H19N3O4. The van der Waals surface area contributed by atoms with Gasteiger partial charge in [-0.25, -0.2) is 0 Å². The van der Waals surface area contributed by atoms with Crippen molar-refractivity contribution in [1.29, 1.82) is 0 Å². The zero-order valence-electron chi connectivity index (χ0n) is 12.5. The highest BCUT2D eigenvalue weighted by molar-refractivity contribution is 5.28. The largest absolute Gasteiger partial charge is 0.491 e. The molecule has 22 heavy (non-hydrogen) atoms. The topological polar surface area (TPSA) is 90.4 Å². The number of hydrogen-bond donors (Lipinski definition) is 1. The van der Waals surface area contributed by atoms with Crippen molar-refractivity contribution in [2.45, 2.75) is 32.4 Å². The van der Waals surface area contributed by atoms with Gasteiger partial charge < -0.3 is 9.84 Å². The molecule has 2 aromatic rings. The van der Waals surface area contributed by atoms with E-state index in [1.54, 1.807) is 0 Å². The molecule has 1 atom stereocenters. The second-order valence-electron chi connectivity index (χ2n) is 5.37. The molecule has 0 amide bonds. The van der Waals surface area contributed by atoms with Crippen LogP contribution in [0.1, 0.15) is 25.3 Å². The highest BCUT2D eigenvalue weighted by Crippen LogP contribution is 2.18. The third-order valence-corrected chi connectivity index (χ3v) is 3.22. The fourth-order valence-corrected chi connectivity index (χ4v) is 1.96. The van der Waals surface area contributed by atoms with E-state index in [1.165, 1.54) is 16.4 Å². The Morgan fingerprint density at radius 1 is 1.36 bits per heavy atom. The second kappa shape index (κ2) is 7.04. The molecule has 7 heteroatoms. The first kappa shape index (κ1) is 16.0. The maximum atomic E-state index is 10.6. The van der Waals surface area contributed by atoms with E-state index in [0.29, 0.717) is 11.7 Å². The van der Waals surface area contributed by atoms with Gasteiger partial charge in [0.25, 0.3) is 0 Å². The zero-order chi connectivity index (χ0) is 16.1. The van der Waals surface area contributed by atoms with Crippen LogP contribution >= 0.6 is 0 Å². The Bertz CT molecular complexity index is 622. The monoisotopic (exact) mass is 305 g/mol. The van der Waals surface area contributed by atoms with Gasteiger partial charge in [0, 0.05) is 0 Å². The summed E-state index contributed by atoms with van der Waals surface area (Å²) in [5, 5.41) is 24.3. The summed E-state index contributed by atoms with van der Waals surface area (Å²) in [5.74, 6) is 1.13. The molecule has 1 aromatic carbocycles. The fraction of sp³-hybridized carbons (Fsp3) is 0.400. The average Bonchev–Trinajstić information content (AvgIpc) is 2.94. The maximum Gasteiger partial charge on any atom is 0.306 e. The van der Waals surface area contributed by atoms with Crippen LogP contribution in [0.3, 0.4) is 0 Å². The van der Waals surface area contributed by atoms with Crippen molar-refractivity contribution in [3.63, 3.8) is 0 Å². The van der Waals surface area contributed by atoms with Crippen LogP contribution in [0.4, 0.5) is 5.69 Å². The lowest BCUT2D eigenvalue weighted by molar-refractivity contribution is -0.385. The van der Waals surface area contributed by atoms with Crippen molar-refractivity contribution in [2.75, 3.05) is 6.61 Å². The van der Waals surface area contributed by atoms with E-state index < -0.39 is 11.0 Å². The number of nitrogens with zero attached hydrogens (tertiary/aromatic N) is 3. The van der Waals surface area contributed by atoms with Gasteiger partial charge in [-0.05, 0) is 23.6 Å². The molecule has 0 saturated heterocycles. The Morgan fingerprint density at radius 2 is 2.05 bits per heavy atom. The lowest BCUT2D eigenvalue weighted by atomic mass is 10.0. The van der Waals surface area contributed by atoms with Crippen LogP contribution < -0.4 is 4.74 Å². The Kier molecular flexibility index (Phi) is 5.11. The number of rotatable bonds is 7. The average molecular weight is 305 g/mol. The first-order valence-electron chi connectivity index (χ1n) is 7.03. The van der Waals surface area contributed by atoms with Gasteiger partial charge in [-0.3, -0.25) is 14.8 Å². The number of aromatic nitrogens is 2. The van der Waals surface area contributed by atoms with Gasteiger partial charge in [-0.1, -0.05) is 26.0 Å². The summed E-state index contributed by atoms with van der Waals surface area (Å²) in [5.41, 5.74) is 1.12. The van der Waals surface area contributed by atoms with Crippen LogP contribution in [0.5, 0.6) is 5.75 Å². The number of aliphatic hydroxyl groups excluding tert-OH is 1. The Morgan fingerprint density at radius 3 is 2.59 bits per heavy atom. The smallest absolute Gasteiger partial charge is 0.306 e.